The lowest BCUT2D eigenvalue weighted by Crippen LogP contribution is -2.40. The average Bonchev–Trinajstić information content (AvgIpc) is 2.73. The molecule has 1 saturated heterocycles. The quantitative estimate of drug-likeness (QED) is 0.705. The van der Waals surface area contributed by atoms with Gasteiger partial charge in [0, 0.05) is 19.0 Å². The number of carbonyl (C=O) groups excluding carboxylic acids is 1. The van der Waals surface area contributed by atoms with Crippen LogP contribution in [0.25, 0.3) is 0 Å². The van der Waals surface area contributed by atoms with Gasteiger partial charge in [-0.25, -0.2) is 0 Å². The second-order valence-corrected chi connectivity index (χ2v) is 7.72. The van der Waals surface area contributed by atoms with Gasteiger partial charge in [0.25, 0.3) is 0 Å². The Morgan fingerprint density at radius 2 is 1.82 bits per heavy atom. The Labute approximate surface area is 168 Å². The second-order valence-electron chi connectivity index (χ2n) is 7.72. The van der Waals surface area contributed by atoms with Crippen molar-refractivity contribution in [2.45, 2.75) is 39.2 Å². The van der Waals surface area contributed by atoms with E-state index in [2.05, 4.69) is 53.5 Å². The van der Waals surface area contributed by atoms with E-state index in [1.165, 1.54) is 16.7 Å². The van der Waals surface area contributed by atoms with Crippen molar-refractivity contribution < 1.29 is 9.53 Å². The van der Waals surface area contributed by atoms with Crippen LogP contribution in [0.3, 0.4) is 0 Å². The minimum absolute atomic E-state index is 0.161. The summed E-state index contributed by atoms with van der Waals surface area (Å²) in [6, 6.07) is 16.7. The summed E-state index contributed by atoms with van der Waals surface area (Å²) in [6.07, 6.45) is 3.84. The zero-order chi connectivity index (χ0) is 19.8. The summed E-state index contributed by atoms with van der Waals surface area (Å²) in [5.74, 6) is 1.27. The number of methoxy groups -OCH3 is 1. The number of hydrogen-bond donors (Lipinski definition) is 1. The van der Waals surface area contributed by atoms with Crippen LogP contribution in [0.15, 0.2) is 48.5 Å². The van der Waals surface area contributed by atoms with Gasteiger partial charge in [0.2, 0.25) is 5.91 Å². The highest BCUT2D eigenvalue weighted by atomic mass is 16.5. The fourth-order valence-corrected chi connectivity index (χ4v) is 3.82. The molecule has 0 unspecified atom stereocenters. The van der Waals surface area contributed by atoms with Crippen LogP contribution in [-0.2, 0) is 17.8 Å². The minimum atomic E-state index is 0.161. The number of piperidine rings is 1. The van der Waals surface area contributed by atoms with Crippen molar-refractivity contribution in [3.8, 4) is 5.75 Å². The molecular weight excluding hydrogens is 348 g/mol. The largest absolute Gasteiger partial charge is 0.497 e. The molecule has 28 heavy (non-hydrogen) atoms. The van der Waals surface area contributed by atoms with Crippen LogP contribution in [0, 0.1) is 12.8 Å². The molecule has 150 valence electrons. The lowest BCUT2D eigenvalue weighted by Gasteiger charge is -2.31. The van der Waals surface area contributed by atoms with Crippen LogP contribution >= 0.6 is 0 Å². The molecule has 0 spiro atoms. The maximum atomic E-state index is 12.5. The lowest BCUT2D eigenvalue weighted by molar-refractivity contribution is -0.126. The average molecular weight is 381 g/mol. The van der Waals surface area contributed by atoms with E-state index in [1.807, 2.05) is 12.1 Å². The normalized spacial score (nSPS) is 15.4. The number of benzene rings is 2. The van der Waals surface area contributed by atoms with Crippen LogP contribution in [0.5, 0.6) is 5.75 Å². The Bertz CT molecular complexity index is 749. The fourth-order valence-electron chi connectivity index (χ4n) is 3.82. The van der Waals surface area contributed by atoms with Crippen LogP contribution < -0.4 is 10.1 Å². The molecule has 1 N–H and O–H groups in total. The Morgan fingerprint density at radius 3 is 2.50 bits per heavy atom. The molecule has 0 saturated carbocycles. The third-order valence-corrected chi connectivity index (χ3v) is 5.71. The molecule has 4 nitrogen and oxygen atoms in total. The van der Waals surface area contributed by atoms with E-state index < -0.39 is 0 Å². The monoisotopic (exact) mass is 380 g/mol. The third kappa shape index (κ3) is 5.83. The van der Waals surface area contributed by atoms with Gasteiger partial charge < -0.3 is 10.1 Å². The van der Waals surface area contributed by atoms with Crippen LogP contribution in [0.4, 0.5) is 0 Å². The number of nitrogens with one attached hydrogen (secondary N) is 1. The molecule has 1 amide bonds. The number of nitrogens with zero attached hydrogens (tertiary/aromatic N) is 1. The number of likely N-dealkylation sites (tertiary alicyclic amines) is 1. The number of carbonyl (C=O) groups is 1. The van der Waals surface area contributed by atoms with E-state index in [-0.39, 0.29) is 11.8 Å². The van der Waals surface area contributed by atoms with Crippen molar-refractivity contribution in [3.05, 3.63) is 65.2 Å². The molecule has 1 aliphatic heterocycles. The molecule has 2 aromatic carbocycles. The molecule has 4 heteroatoms. The van der Waals surface area contributed by atoms with Crippen LogP contribution in [-0.4, -0.2) is 37.6 Å². The molecule has 0 radical (unpaired) electrons. The number of ether oxygens (including phenoxy) is 1. The fraction of sp³-hybridized carbons (Fsp3) is 0.458. The standard InChI is InChI=1S/C24H32N2O2/c1-19-6-3-4-8-22(19)18-26-16-13-21(14-17-26)24(27)25-15-5-7-20-9-11-23(28-2)12-10-20/h3-4,6,8-12,21H,5,7,13-18H2,1-2H3,(H,25,27). The van der Waals surface area contributed by atoms with Gasteiger partial charge in [-0.3, -0.25) is 9.69 Å². The van der Waals surface area contributed by atoms with Crippen molar-refractivity contribution in [1.29, 1.82) is 0 Å². The lowest BCUT2D eigenvalue weighted by atomic mass is 9.95. The van der Waals surface area contributed by atoms with Crippen molar-refractivity contribution in [1.82, 2.24) is 10.2 Å². The molecule has 0 atom stereocenters. The highest BCUT2D eigenvalue weighted by Gasteiger charge is 2.24. The van der Waals surface area contributed by atoms with Gasteiger partial charge in [0.15, 0.2) is 0 Å². The van der Waals surface area contributed by atoms with Crippen LogP contribution in [0.2, 0.25) is 0 Å². The summed E-state index contributed by atoms with van der Waals surface area (Å²) in [6.45, 7) is 5.90. The second kappa shape index (κ2) is 10.3. The predicted molar refractivity (Wildman–Crippen MR) is 114 cm³/mol. The first kappa shape index (κ1) is 20.4. The van der Waals surface area contributed by atoms with E-state index in [0.29, 0.717) is 0 Å². The van der Waals surface area contributed by atoms with Gasteiger partial charge in [0.05, 0.1) is 7.11 Å². The Kier molecular flexibility index (Phi) is 7.49. The molecule has 1 heterocycles. The molecule has 3 rings (SSSR count). The summed E-state index contributed by atoms with van der Waals surface area (Å²) in [4.78, 5) is 14.9. The van der Waals surface area contributed by atoms with Crippen LogP contribution in [0.1, 0.15) is 36.0 Å². The molecule has 1 aliphatic rings. The Morgan fingerprint density at radius 1 is 1.11 bits per heavy atom. The molecule has 2 aromatic rings. The number of amides is 1. The van der Waals surface area contributed by atoms with E-state index >= 15 is 0 Å². The predicted octanol–water partition coefficient (Wildman–Crippen LogP) is 3.96. The van der Waals surface area contributed by atoms with E-state index in [9.17, 15) is 4.79 Å². The molecule has 0 aromatic heterocycles. The SMILES string of the molecule is COc1ccc(CCCNC(=O)C2CCN(Cc3ccccc3C)CC2)cc1. The Hall–Kier alpha value is -2.33. The van der Waals surface area contributed by atoms with Gasteiger partial charge in [-0.05, 0) is 74.5 Å². The number of aryl methyl sites for hydroxylation is 2. The topological polar surface area (TPSA) is 41.6 Å². The smallest absolute Gasteiger partial charge is 0.223 e. The first-order valence-electron chi connectivity index (χ1n) is 10.3. The zero-order valence-corrected chi connectivity index (χ0v) is 17.1. The summed E-state index contributed by atoms with van der Waals surface area (Å²) in [5, 5.41) is 3.14. The summed E-state index contributed by atoms with van der Waals surface area (Å²) in [5.41, 5.74) is 4.02. The van der Waals surface area contributed by atoms with Crippen molar-refractivity contribution in [2.24, 2.45) is 5.92 Å². The summed E-state index contributed by atoms with van der Waals surface area (Å²) in [7, 11) is 1.68. The summed E-state index contributed by atoms with van der Waals surface area (Å²) >= 11 is 0. The first-order chi connectivity index (χ1) is 13.7. The molecule has 1 fully saturated rings. The van der Waals surface area contributed by atoms with Gasteiger partial charge in [-0.15, -0.1) is 0 Å². The van der Waals surface area contributed by atoms with Crippen molar-refractivity contribution >= 4 is 5.91 Å². The number of rotatable bonds is 8. The van der Waals surface area contributed by atoms with Gasteiger partial charge in [-0.1, -0.05) is 36.4 Å². The van der Waals surface area contributed by atoms with Gasteiger partial charge in [0.1, 0.15) is 5.75 Å². The number of hydrogen-bond acceptors (Lipinski definition) is 3. The maximum Gasteiger partial charge on any atom is 0.223 e. The highest BCUT2D eigenvalue weighted by molar-refractivity contribution is 5.78. The van der Waals surface area contributed by atoms with Crippen molar-refractivity contribution in [3.63, 3.8) is 0 Å². The van der Waals surface area contributed by atoms with E-state index in [4.69, 9.17) is 4.74 Å². The third-order valence-electron chi connectivity index (χ3n) is 5.71. The summed E-state index contributed by atoms with van der Waals surface area (Å²) < 4.78 is 5.18. The molecule has 0 aliphatic carbocycles. The van der Waals surface area contributed by atoms with Gasteiger partial charge >= 0.3 is 0 Å². The van der Waals surface area contributed by atoms with Gasteiger partial charge in [-0.2, -0.15) is 0 Å². The zero-order valence-electron chi connectivity index (χ0n) is 17.1. The van der Waals surface area contributed by atoms with E-state index in [0.717, 1.165) is 57.6 Å². The maximum absolute atomic E-state index is 12.5. The van der Waals surface area contributed by atoms with E-state index in [1.54, 1.807) is 7.11 Å². The molecular formula is C24H32N2O2. The highest BCUT2D eigenvalue weighted by Crippen LogP contribution is 2.20. The molecule has 0 bridgehead atoms. The van der Waals surface area contributed by atoms with Crippen molar-refractivity contribution in [2.75, 3.05) is 26.7 Å². The Balaban J connectivity index is 1.34. The minimum Gasteiger partial charge on any atom is -0.497 e. The first-order valence-corrected chi connectivity index (χ1v) is 10.3.